The van der Waals surface area contributed by atoms with Crippen LogP contribution < -0.4 is 5.32 Å². The Morgan fingerprint density at radius 1 is 1.40 bits per heavy atom. The number of aromatic nitrogens is 3. The van der Waals surface area contributed by atoms with Gasteiger partial charge in [-0.15, -0.1) is 21.5 Å². The minimum absolute atomic E-state index is 0.211. The van der Waals surface area contributed by atoms with Gasteiger partial charge in [-0.2, -0.15) is 0 Å². The fourth-order valence-corrected chi connectivity index (χ4v) is 3.71. The van der Waals surface area contributed by atoms with Crippen LogP contribution in [0, 0.1) is 0 Å². The summed E-state index contributed by atoms with van der Waals surface area (Å²) in [5.74, 6) is 0.428. The molecule has 108 valence electrons. The van der Waals surface area contributed by atoms with Crippen LogP contribution in [0.15, 0.2) is 6.20 Å². The number of hydrogen-bond donors (Lipinski definition) is 1. The summed E-state index contributed by atoms with van der Waals surface area (Å²) < 4.78 is 5.65. The van der Waals surface area contributed by atoms with Crippen molar-refractivity contribution >= 4 is 27.8 Å². The molecule has 20 heavy (non-hydrogen) atoms. The van der Waals surface area contributed by atoms with Gasteiger partial charge in [0.25, 0.3) is 0 Å². The molecule has 0 aliphatic carbocycles. The zero-order valence-electron chi connectivity index (χ0n) is 11.6. The third-order valence-electron chi connectivity index (χ3n) is 3.12. The highest BCUT2D eigenvalue weighted by molar-refractivity contribution is 7.15. The maximum Gasteiger partial charge on any atom is 0.205 e. The molecule has 5 nitrogen and oxygen atoms in total. The van der Waals surface area contributed by atoms with Crippen LogP contribution in [0.25, 0.3) is 0 Å². The molecule has 1 saturated heterocycles. The molecule has 1 atom stereocenters. The third-order valence-corrected chi connectivity index (χ3v) is 5.40. The number of nitrogens with one attached hydrogen (secondary N) is 1. The molecule has 2 aromatic rings. The Morgan fingerprint density at radius 2 is 2.30 bits per heavy atom. The number of nitrogens with zero attached hydrogens (tertiary/aromatic N) is 3. The molecule has 1 aliphatic rings. The van der Waals surface area contributed by atoms with Gasteiger partial charge in [-0.1, -0.05) is 25.2 Å². The van der Waals surface area contributed by atoms with Crippen LogP contribution in [-0.4, -0.2) is 21.8 Å². The van der Waals surface area contributed by atoms with Crippen LogP contribution in [-0.2, 0) is 11.3 Å². The topological polar surface area (TPSA) is 59.9 Å². The van der Waals surface area contributed by atoms with Crippen molar-refractivity contribution in [1.29, 1.82) is 0 Å². The van der Waals surface area contributed by atoms with Gasteiger partial charge >= 0.3 is 0 Å². The van der Waals surface area contributed by atoms with Crippen LogP contribution in [0.5, 0.6) is 0 Å². The summed E-state index contributed by atoms with van der Waals surface area (Å²) in [6.45, 7) is 5.86. The second-order valence-electron chi connectivity index (χ2n) is 5.12. The predicted octanol–water partition coefficient (Wildman–Crippen LogP) is 3.58. The molecule has 1 N–H and O–H groups in total. The van der Waals surface area contributed by atoms with Gasteiger partial charge in [0.15, 0.2) is 0 Å². The van der Waals surface area contributed by atoms with Crippen molar-refractivity contribution in [2.75, 3.05) is 11.9 Å². The first-order valence-corrected chi connectivity index (χ1v) is 8.49. The zero-order chi connectivity index (χ0) is 13.9. The summed E-state index contributed by atoms with van der Waals surface area (Å²) in [5.41, 5.74) is 0. The number of ether oxygens (including phenoxy) is 1. The fraction of sp³-hybridized carbons (Fsp3) is 0.615. The van der Waals surface area contributed by atoms with E-state index in [1.807, 2.05) is 6.20 Å². The number of anilines is 1. The molecule has 0 bridgehead atoms. The van der Waals surface area contributed by atoms with Crippen molar-refractivity contribution in [1.82, 2.24) is 15.2 Å². The van der Waals surface area contributed by atoms with E-state index in [9.17, 15) is 0 Å². The monoisotopic (exact) mass is 310 g/mol. The first-order chi connectivity index (χ1) is 9.72. The molecule has 1 fully saturated rings. The Bertz CT molecular complexity index is 560. The SMILES string of the molecule is CC(C)c1nnc(NCc2cnc(C3CCCO3)s2)s1. The van der Waals surface area contributed by atoms with E-state index >= 15 is 0 Å². The highest BCUT2D eigenvalue weighted by Crippen LogP contribution is 2.31. The van der Waals surface area contributed by atoms with Crippen LogP contribution in [0.2, 0.25) is 0 Å². The van der Waals surface area contributed by atoms with Crippen LogP contribution >= 0.6 is 22.7 Å². The molecule has 3 heterocycles. The summed E-state index contributed by atoms with van der Waals surface area (Å²) in [5, 5.41) is 14.7. The van der Waals surface area contributed by atoms with E-state index in [-0.39, 0.29) is 6.10 Å². The van der Waals surface area contributed by atoms with Crippen molar-refractivity contribution in [2.45, 2.75) is 45.3 Å². The van der Waals surface area contributed by atoms with Gasteiger partial charge < -0.3 is 10.1 Å². The zero-order valence-corrected chi connectivity index (χ0v) is 13.3. The van der Waals surface area contributed by atoms with Crippen molar-refractivity contribution in [2.24, 2.45) is 0 Å². The van der Waals surface area contributed by atoms with E-state index in [1.165, 1.54) is 4.88 Å². The highest BCUT2D eigenvalue weighted by Gasteiger charge is 2.20. The average Bonchev–Trinajstić information content (AvgIpc) is 3.17. The number of rotatable bonds is 5. The summed E-state index contributed by atoms with van der Waals surface area (Å²) in [4.78, 5) is 5.67. The molecule has 0 spiro atoms. The van der Waals surface area contributed by atoms with E-state index in [2.05, 4.69) is 34.3 Å². The Labute approximate surface area is 126 Å². The molecular formula is C13H18N4OS2. The Balaban J connectivity index is 1.57. The van der Waals surface area contributed by atoms with Crippen LogP contribution in [0.3, 0.4) is 0 Å². The van der Waals surface area contributed by atoms with Crippen LogP contribution in [0.4, 0.5) is 5.13 Å². The maximum atomic E-state index is 5.65. The van der Waals surface area contributed by atoms with E-state index in [0.717, 1.165) is 41.1 Å². The van der Waals surface area contributed by atoms with E-state index < -0.39 is 0 Å². The molecule has 0 saturated carbocycles. The second-order valence-corrected chi connectivity index (χ2v) is 7.28. The quantitative estimate of drug-likeness (QED) is 0.914. The van der Waals surface area contributed by atoms with Gasteiger partial charge in [-0.25, -0.2) is 4.98 Å². The lowest BCUT2D eigenvalue weighted by molar-refractivity contribution is 0.111. The van der Waals surface area contributed by atoms with Crippen molar-refractivity contribution in [3.05, 3.63) is 21.1 Å². The average molecular weight is 310 g/mol. The van der Waals surface area contributed by atoms with Crippen molar-refractivity contribution in [3.8, 4) is 0 Å². The number of hydrogen-bond acceptors (Lipinski definition) is 7. The van der Waals surface area contributed by atoms with E-state index in [0.29, 0.717) is 5.92 Å². The summed E-state index contributed by atoms with van der Waals surface area (Å²) in [6, 6.07) is 0. The second kappa shape index (κ2) is 6.15. The molecule has 2 aromatic heterocycles. The van der Waals surface area contributed by atoms with Gasteiger partial charge in [-0.05, 0) is 12.8 Å². The van der Waals surface area contributed by atoms with Crippen molar-refractivity contribution < 1.29 is 4.74 Å². The van der Waals surface area contributed by atoms with Gasteiger partial charge in [0, 0.05) is 23.6 Å². The Hall–Kier alpha value is -1.05. The molecule has 1 unspecified atom stereocenters. The van der Waals surface area contributed by atoms with Gasteiger partial charge in [0.05, 0.1) is 6.54 Å². The standard InChI is InChI=1S/C13H18N4OS2/c1-8(2)11-16-17-13(20-11)15-7-9-6-14-12(19-9)10-4-3-5-18-10/h6,8,10H,3-5,7H2,1-2H3,(H,15,17). The predicted molar refractivity (Wildman–Crippen MR) is 81.4 cm³/mol. The smallest absolute Gasteiger partial charge is 0.205 e. The normalized spacial score (nSPS) is 18.9. The first kappa shape index (κ1) is 13.9. The lowest BCUT2D eigenvalue weighted by Gasteiger charge is -2.03. The molecule has 1 aliphatic heterocycles. The molecule has 3 rings (SSSR count). The maximum absolute atomic E-state index is 5.65. The first-order valence-electron chi connectivity index (χ1n) is 6.86. The lowest BCUT2D eigenvalue weighted by atomic mass is 10.2. The Kier molecular flexibility index (Phi) is 4.28. The molecule has 0 aromatic carbocycles. The summed E-state index contributed by atoms with van der Waals surface area (Å²) >= 11 is 3.34. The van der Waals surface area contributed by atoms with Gasteiger partial charge in [0.2, 0.25) is 5.13 Å². The molecular weight excluding hydrogens is 292 g/mol. The lowest BCUT2D eigenvalue weighted by Crippen LogP contribution is -1.96. The molecule has 7 heteroatoms. The molecule has 0 amide bonds. The summed E-state index contributed by atoms with van der Waals surface area (Å²) in [6.07, 6.45) is 4.37. The Morgan fingerprint density at radius 3 is 3.00 bits per heavy atom. The third kappa shape index (κ3) is 3.16. The minimum Gasteiger partial charge on any atom is -0.371 e. The van der Waals surface area contributed by atoms with Gasteiger partial charge in [-0.3, -0.25) is 0 Å². The van der Waals surface area contributed by atoms with Gasteiger partial charge in [0.1, 0.15) is 16.1 Å². The molecule has 0 radical (unpaired) electrons. The van der Waals surface area contributed by atoms with Crippen LogP contribution in [0.1, 0.15) is 53.6 Å². The minimum atomic E-state index is 0.211. The largest absolute Gasteiger partial charge is 0.371 e. The summed E-state index contributed by atoms with van der Waals surface area (Å²) in [7, 11) is 0. The number of thiazole rings is 1. The highest BCUT2D eigenvalue weighted by atomic mass is 32.1. The fourth-order valence-electron chi connectivity index (χ4n) is 2.03. The van der Waals surface area contributed by atoms with E-state index in [4.69, 9.17) is 4.74 Å². The van der Waals surface area contributed by atoms with Crippen molar-refractivity contribution in [3.63, 3.8) is 0 Å². The van der Waals surface area contributed by atoms with E-state index in [1.54, 1.807) is 22.7 Å².